The topological polar surface area (TPSA) is 38.4 Å². The van der Waals surface area contributed by atoms with Crippen molar-refractivity contribution in [1.29, 1.82) is 0 Å². The molecule has 0 bridgehead atoms. The van der Waals surface area contributed by atoms with Crippen LogP contribution in [0.3, 0.4) is 0 Å². The molecule has 0 spiro atoms. The zero-order valence-corrected chi connectivity index (χ0v) is 7.10. The van der Waals surface area contributed by atoms with Gasteiger partial charge in [0.2, 0.25) is 0 Å². The minimum Gasteiger partial charge on any atom is -0.390 e. The summed E-state index contributed by atoms with van der Waals surface area (Å²) in [6.07, 6.45) is 1.18. The second kappa shape index (κ2) is 3.60. The van der Waals surface area contributed by atoms with Gasteiger partial charge in [-0.05, 0) is 12.1 Å². The van der Waals surface area contributed by atoms with E-state index in [4.69, 9.17) is 28.9 Å². The third-order valence-electron chi connectivity index (χ3n) is 1.14. The normalized spacial score (nSPS) is 10.7. The van der Waals surface area contributed by atoms with Gasteiger partial charge in [0.05, 0.1) is 22.1 Å². The van der Waals surface area contributed by atoms with E-state index >= 15 is 0 Å². The molecule has 0 aromatic heterocycles. The van der Waals surface area contributed by atoms with Gasteiger partial charge in [-0.2, -0.15) is 0 Å². The molecule has 1 rings (SSSR count). The number of benzene rings is 1. The maximum Gasteiger partial charge on any atom is 0.0860 e. The van der Waals surface area contributed by atoms with E-state index in [1.54, 1.807) is 18.2 Å². The van der Waals surface area contributed by atoms with Crippen molar-refractivity contribution in [2.24, 2.45) is 10.7 Å². The Bertz CT molecular complexity index is 284. The first kappa shape index (κ1) is 8.37. The smallest absolute Gasteiger partial charge is 0.0860 e. The zero-order chi connectivity index (χ0) is 8.27. The molecule has 0 aliphatic carbocycles. The molecule has 0 saturated heterocycles. The maximum absolute atomic E-state index is 5.77. The largest absolute Gasteiger partial charge is 0.390 e. The summed E-state index contributed by atoms with van der Waals surface area (Å²) in [5.41, 5.74) is 5.67. The maximum atomic E-state index is 5.77. The number of nitrogens with two attached hydrogens (primary N) is 1. The van der Waals surface area contributed by atoms with Crippen molar-refractivity contribution in [3.63, 3.8) is 0 Å². The standard InChI is InChI=1S/C7H6Cl2N2/c8-5-2-1-3-6(7(5)9)11-4-10/h1-4H,(H2,10,11). The van der Waals surface area contributed by atoms with Gasteiger partial charge in [-0.15, -0.1) is 0 Å². The molecule has 0 fully saturated rings. The van der Waals surface area contributed by atoms with Crippen LogP contribution in [-0.4, -0.2) is 6.34 Å². The van der Waals surface area contributed by atoms with Gasteiger partial charge in [0, 0.05) is 0 Å². The highest BCUT2D eigenvalue weighted by Gasteiger charge is 2.00. The van der Waals surface area contributed by atoms with Crippen LogP contribution in [-0.2, 0) is 0 Å². The Balaban J connectivity index is 3.16. The van der Waals surface area contributed by atoms with Gasteiger partial charge in [0.15, 0.2) is 0 Å². The van der Waals surface area contributed by atoms with Crippen molar-refractivity contribution in [2.45, 2.75) is 0 Å². The van der Waals surface area contributed by atoms with Gasteiger partial charge < -0.3 is 5.73 Å². The average Bonchev–Trinajstić information content (AvgIpc) is 1.99. The van der Waals surface area contributed by atoms with Crippen LogP contribution >= 0.6 is 23.2 Å². The lowest BCUT2D eigenvalue weighted by atomic mass is 10.3. The third-order valence-corrected chi connectivity index (χ3v) is 1.95. The van der Waals surface area contributed by atoms with Crippen LogP contribution in [0.25, 0.3) is 0 Å². The minimum atomic E-state index is 0.427. The Morgan fingerprint density at radius 3 is 2.73 bits per heavy atom. The molecular formula is C7H6Cl2N2. The summed E-state index contributed by atoms with van der Waals surface area (Å²) in [5, 5.41) is 0.908. The number of hydrogen-bond acceptors (Lipinski definition) is 1. The molecular weight excluding hydrogens is 183 g/mol. The van der Waals surface area contributed by atoms with Crippen LogP contribution in [0.1, 0.15) is 0 Å². The van der Waals surface area contributed by atoms with Crippen molar-refractivity contribution in [3.8, 4) is 0 Å². The first-order valence-corrected chi connectivity index (χ1v) is 3.69. The highest BCUT2D eigenvalue weighted by Crippen LogP contribution is 2.31. The number of rotatable bonds is 1. The zero-order valence-electron chi connectivity index (χ0n) is 5.59. The molecule has 2 N–H and O–H groups in total. The molecule has 0 unspecified atom stereocenters. The van der Waals surface area contributed by atoms with Crippen LogP contribution in [0.2, 0.25) is 10.0 Å². The molecule has 4 heteroatoms. The fourth-order valence-corrected chi connectivity index (χ4v) is 1.02. The summed E-state index contributed by atoms with van der Waals surface area (Å²) >= 11 is 11.5. The Labute approximate surface area is 74.6 Å². The van der Waals surface area contributed by atoms with E-state index in [-0.39, 0.29) is 0 Å². The van der Waals surface area contributed by atoms with Crippen molar-refractivity contribution in [3.05, 3.63) is 28.2 Å². The molecule has 11 heavy (non-hydrogen) atoms. The molecule has 2 nitrogen and oxygen atoms in total. The Morgan fingerprint density at radius 1 is 1.36 bits per heavy atom. The second-order valence-corrected chi connectivity index (χ2v) is 2.64. The molecule has 0 aliphatic rings. The monoisotopic (exact) mass is 188 g/mol. The van der Waals surface area contributed by atoms with Crippen molar-refractivity contribution < 1.29 is 0 Å². The second-order valence-electron chi connectivity index (χ2n) is 1.85. The molecule has 0 aliphatic heterocycles. The Kier molecular flexibility index (Phi) is 2.74. The Hall–Kier alpha value is -0.730. The van der Waals surface area contributed by atoms with E-state index in [0.717, 1.165) is 0 Å². The lowest BCUT2D eigenvalue weighted by molar-refractivity contribution is 1.51. The van der Waals surface area contributed by atoms with Crippen LogP contribution in [0, 0.1) is 0 Å². The highest BCUT2D eigenvalue weighted by molar-refractivity contribution is 6.43. The summed E-state index contributed by atoms with van der Waals surface area (Å²) in [7, 11) is 0. The lowest BCUT2D eigenvalue weighted by Crippen LogP contribution is -1.86. The highest BCUT2D eigenvalue weighted by atomic mass is 35.5. The quantitative estimate of drug-likeness (QED) is 0.535. The number of halogens is 2. The molecule has 1 aromatic carbocycles. The van der Waals surface area contributed by atoms with Crippen LogP contribution in [0.5, 0.6) is 0 Å². The summed E-state index contributed by atoms with van der Waals surface area (Å²) in [6, 6.07) is 5.19. The minimum absolute atomic E-state index is 0.427. The van der Waals surface area contributed by atoms with Gasteiger partial charge in [0.25, 0.3) is 0 Å². The summed E-state index contributed by atoms with van der Waals surface area (Å²) < 4.78 is 0. The van der Waals surface area contributed by atoms with Crippen LogP contribution in [0.15, 0.2) is 23.2 Å². The number of hydrogen-bond donors (Lipinski definition) is 1. The Morgan fingerprint density at radius 2 is 2.09 bits per heavy atom. The first-order chi connectivity index (χ1) is 5.25. The molecule has 0 saturated carbocycles. The summed E-state index contributed by atoms with van der Waals surface area (Å²) in [6.45, 7) is 0. The predicted molar refractivity (Wildman–Crippen MR) is 48.8 cm³/mol. The fourth-order valence-electron chi connectivity index (χ4n) is 0.672. The third kappa shape index (κ3) is 1.85. The summed E-state index contributed by atoms with van der Waals surface area (Å²) in [5.74, 6) is 0. The number of nitrogens with zero attached hydrogens (tertiary/aromatic N) is 1. The van der Waals surface area contributed by atoms with Crippen molar-refractivity contribution >= 4 is 35.2 Å². The van der Waals surface area contributed by atoms with E-state index in [1.165, 1.54) is 6.34 Å². The lowest BCUT2D eigenvalue weighted by Gasteiger charge is -1.97. The van der Waals surface area contributed by atoms with Gasteiger partial charge >= 0.3 is 0 Å². The van der Waals surface area contributed by atoms with Gasteiger partial charge in [-0.25, -0.2) is 4.99 Å². The van der Waals surface area contributed by atoms with E-state index in [1.807, 2.05) is 0 Å². The molecule has 58 valence electrons. The van der Waals surface area contributed by atoms with Crippen molar-refractivity contribution in [1.82, 2.24) is 0 Å². The number of aliphatic imine (C=N–C) groups is 1. The molecule has 0 radical (unpaired) electrons. The van der Waals surface area contributed by atoms with E-state index in [0.29, 0.717) is 15.7 Å². The van der Waals surface area contributed by atoms with E-state index in [2.05, 4.69) is 4.99 Å². The van der Waals surface area contributed by atoms with Gasteiger partial charge in [-0.3, -0.25) is 0 Å². The molecule has 0 amide bonds. The molecule has 1 aromatic rings. The molecule has 0 heterocycles. The average molecular weight is 189 g/mol. The SMILES string of the molecule is NC=Nc1cccc(Cl)c1Cl. The fraction of sp³-hybridized carbons (Fsp3) is 0. The van der Waals surface area contributed by atoms with Crippen LogP contribution in [0.4, 0.5) is 5.69 Å². The van der Waals surface area contributed by atoms with E-state index in [9.17, 15) is 0 Å². The predicted octanol–water partition coefficient (Wildman–Crippen LogP) is 2.61. The van der Waals surface area contributed by atoms with Gasteiger partial charge in [-0.1, -0.05) is 29.3 Å². The van der Waals surface area contributed by atoms with Crippen LogP contribution < -0.4 is 5.73 Å². The van der Waals surface area contributed by atoms with Gasteiger partial charge in [0.1, 0.15) is 0 Å². The van der Waals surface area contributed by atoms with E-state index < -0.39 is 0 Å². The van der Waals surface area contributed by atoms with Crippen molar-refractivity contribution in [2.75, 3.05) is 0 Å². The molecule has 0 atom stereocenters. The summed E-state index contributed by atoms with van der Waals surface area (Å²) in [4.78, 5) is 3.80. The first-order valence-electron chi connectivity index (χ1n) is 2.94.